The molecule has 144 valence electrons. The Kier molecular flexibility index (Phi) is 6.57. The molecular formula is C19H23N3O4S. The molecule has 8 heteroatoms. The number of rotatable bonds is 7. The van der Waals surface area contributed by atoms with E-state index in [9.17, 15) is 13.2 Å². The first-order valence-electron chi connectivity index (χ1n) is 8.81. The highest BCUT2D eigenvalue weighted by Crippen LogP contribution is 2.13. The number of amides is 1. The summed E-state index contributed by atoms with van der Waals surface area (Å²) in [6, 6.07) is 15.0. The van der Waals surface area contributed by atoms with Crippen LogP contribution < -0.4 is 10.0 Å². The molecule has 1 aliphatic heterocycles. The average molecular weight is 389 g/mol. The predicted octanol–water partition coefficient (Wildman–Crippen LogP) is 1.55. The molecule has 1 saturated heterocycles. The summed E-state index contributed by atoms with van der Waals surface area (Å²) in [6.45, 7) is 3.96. The van der Waals surface area contributed by atoms with Crippen LogP contribution in [0.15, 0.2) is 59.5 Å². The van der Waals surface area contributed by atoms with Crippen molar-refractivity contribution in [1.29, 1.82) is 0 Å². The maximum atomic E-state index is 12.4. The molecule has 2 N–H and O–H groups in total. The SMILES string of the molecule is O=C(Nc1ccccc1)c1ccc(S(=O)(=O)NCCN2CCOCC2)cc1. The second-order valence-corrected chi connectivity index (χ2v) is 7.96. The van der Waals surface area contributed by atoms with Crippen molar-refractivity contribution >= 4 is 21.6 Å². The van der Waals surface area contributed by atoms with Crippen LogP contribution in [-0.4, -0.2) is 58.6 Å². The monoisotopic (exact) mass is 389 g/mol. The molecule has 0 aliphatic carbocycles. The number of morpholine rings is 1. The third kappa shape index (κ3) is 5.61. The molecule has 2 aromatic rings. The lowest BCUT2D eigenvalue weighted by molar-refractivity contribution is 0.0390. The van der Waals surface area contributed by atoms with E-state index in [-0.39, 0.29) is 10.8 Å². The number of para-hydroxylation sites is 1. The quantitative estimate of drug-likeness (QED) is 0.750. The van der Waals surface area contributed by atoms with Crippen molar-refractivity contribution in [2.75, 3.05) is 44.7 Å². The molecule has 27 heavy (non-hydrogen) atoms. The number of ether oxygens (including phenoxy) is 1. The van der Waals surface area contributed by atoms with E-state index >= 15 is 0 Å². The molecule has 0 saturated carbocycles. The van der Waals surface area contributed by atoms with Crippen molar-refractivity contribution in [2.45, 2.75) is 4.90 Å². The molecule has 0 bridgehead atoms. The van der Waals surface area contributed by atoms with Gasteiger partial charge in [-0.3, -0.25) is 9.69 Å². The molecule has 0 spiro atoms. The van der Waals surface area contributed by atoms with Crippen LogP contribution in [0.5, 0.6) is 0 Å². The Morgan fingerprint density at radius 1 is 1.00 bits per heavy atom. The fraction of sp³-hybridized carbons (Fsp3) is 0.316. The highest BCUT2D eigenvalue weighted by atomic mass is 32.2. The van der Waals surface area contributed by atoms with E-state index in [0.717, 1.165) is 13.1 Å². The fourth-order valence-corrected chi connectivity index (χ4v) is 3.78. The standard InChI is InChI=1S/C19H23N3O4S/c23-19(21-17-4-2-1-3-5-17)16-6-8-18(9-7-16)27(24,25)20-10-11-22-12-14-26-15-13-22/h1-9,20H,10-15H2,(H,21,23). The average Bonchev–Trinajstić information content (AvgIpc) is 2.69. The lowest BCUT2D eigenvalue weighted by atomic mass is 10.2. The third-order valence-corrected chi connectivity index (χ3v) is 5.76. The third-order valence-electron chi connectivity index (χ3n) is 4.28. The normalized spacial score (nSPS) is 15.4. The zero-order valence-corrected chi connectivity index (χ0v) is 15.7. The van der Waals surface area contributed by atoms with Crippen molar-refractivity contribution in [3.05, 3.63) is 60.2 Å². The molecule has 1 heterocycles. The molecule has 2 aromatic carbocycles. The number of carbonyl (C=O) groups is 1. The smallest absolute Gasteiger partial charge is 0.255 e. The maximum absolute atomic E-state index is 12.4. The van der Waals surface area contributed by atoms with Crippen LogP contribution in [0.4, 0.5) is 5.69 Å². The molecule has 0 aromatic heterocycles. The Labute approximate surface area is 159 Å². The second kappa shape index (κ2) is 9.09. The van der Waals surface area contributed by atoms with Gasteiger partial charge in [0.2, 0.25) is 10.0 Å². The van der Waals surface area contributed by atoms with Gasteiger partial charge in [-0.1, -0.05) is 18.2 Å². The summed E-state index contributed by atoms with van der Waals surface area (Å²) in [5.74, 6) is -0.287. The summed E-state index contributed by atoms with van der Waals surface area (Å²) in [5.41, 5.74) is 1.08. The summed E-state index contributed by atoms with van der Waals surface area (Å²) < 4.78 is 32.7. The van der Waals surface area contributed by atoms with Gasteiger partial charge >= 0.3 is 0 Å². The minimum absolute atomic E-state index is 0.140. The number of sulfonamides is 1. The van der Waals surface area contributed by atoms with Gasteiger partial charge in [0.15, 0.2) is 0 Å². The van der Waals surface area contributed by atoms with Crippen LogP contribution in [0.1, 0.15) is 10.4 Å². The molecule has 0 atom stereocenters. The first-order valence-corrected chi connectivity index (χ1v) is 10.3. The summed E-state index contributed by atoms with van der Waals surface area (Å²) in [4.78, 5) is 14.5. The van der Waals surface area contributed by atoms with Gasteiger partial charge in [0.25, 0.3) is 5.91 Å². The molecule has 7 nitrogen and oxygen atoms in total. The van der Waals surface area contributed by atoms with Crippen LogP contribution in [0.2, 0.25) is 0 Å². The van der Waals surface area contributed by atoms with Crippen LogP contribution >= 0.6 is 0 Å². The Balaban J connectivity index is 1.55. The molecule has 1 aliphatic rings. The van der Waals surface area contributed by atoms with E-state index in [4.69, 9.17) is 4.74 Å². The number of nitrogens with zero attached hydrogens (tertiary/aromatic N) is 1. The van der Waals surface area contributed by atoms with Gasteiger partial charge < -0.3 is 10.1 Å². The number of nitrogens with one attached hydrogen (secondary N) is 2. The number of hydrogen-bond donors (Lipinski definition) is 2. The van der Waals surface area contributed by atoms with Gasteiger partial charge in [-0.25, -0.2) is 13.1 Å². The zero-order chi connectivity index (χ0) is 19.1. The van der Waals surface area contributed by atoms with Crippen molar-refractivity contribution in [2.24, 2.45) is 0 Å². The van der Waals surface area contributed by atoms with E-state index in [2.05, 4.69) is 14.9 Å². The largest absolute Gasteiger partial charge is 0.379 e. The number of carbonyl (C=O) groups excluding carboxylic acids is 1. The second-order valence-electron chi connectivity index (χ2n) is 6.20. The Morgan fingerprint density at radius 2 is 1.67 bits per heavy atom. The Bertz CT molecular complexity index is 848. The maximum Gasteiger partial charge on any atom is 0.255 e. The summed E-state index contributed by atoms with van der Waals surface area (Å²) >= 11 is 0. The van der Waals surface area contributed by atoms with Gasteiger partial charge in [0.1, 0.15) is 0 Å². The minimum Gasteiger partial charge on any atom is -0.379 e. The van der Waals surface area contributed by atoms with Crippen LogP contribution in [0.25, 0.3) is 0 Å². The van der Waals surface area contributed by atoms with Crippen molar-refractivity contribution in [3.63, 3.8) is 0 Å². The minimum atomic E-state index is -3.60. The Hall–Kier alpha value is -2.26. The highest BCUT2D eigenvalue weighted by molar-refractivity contribution is 7.89. The summed E-state index contributed by atoms with van der Waals surface area (Å²) in [6.07, 6.45) is 0. The van der Waals surface area contributed by atoms with Gasteiger partial charge in [-0.2, -0.15) is 0 Å². The van der Waals surface area contributed by atoms with E-state index < -0.39 is 10.0 Å². The van der Waals surface area contributed by atoms with Crippen molar-refractivity contribution in [1.82, 2.24) is 9.62 Å². The fourth-order valence-electron chi connectivity index (χ4n) is 2.76. The highest BCUT2D eigenvalue weighted by Gasteiger charge is 2.16. The molecule has 0 radical (unpaired) electrons. The lowest BCUT2D eigenvalue weighted by Crippen LogP contribution is -2.41. The summed E-state index contributed by atoms with van der Waals surface area (Å²) in [5, 5.41) is 2.77. The number of anilines is 1. The van der Waals surface area contributed by atoms with Gasteiger partial charge in [-0.05, 0) is 36.4 Å². The van der Waals surface area contributed by atoms with Crippen LogP contribution in [0, 0.1) is 0 Å². The van der Waals surface area contributed by atoms with E-state index in [1.165, 1.54) is 24.3 Å². The van der Waals surface area contributed by atoms with Gasteiger partial charge in [0.05, 0.1) is 18.1 Å². The van der Waals surface area contributed by atoms with E-state index in [1.807, 2.05) is 18.2 Å². The van der Waals surface area contributed by atoms with E-state index in [0.29, 0.717) is 37.6 Å². The van der Waals surface area contributed by atoms with Gasteiger partial charge in [0, 0.05) is 37.4 Å². The molecule has 1 fully saturated rings. The first kappa shape index (κ1) is 19.5. The zero-order valence-electron chi connectivity index (χ0n) is 14.9. The number of benzene rings is 2. The lowest BCUT2D eigenvalue weighted by Gasteiger charge is -2.26. The topological polar surface area (TPSA) is 87.7 Å². The predicted molar refractivity (Wildman–Crippen MR) is 103 cm³/mol. The van der Waals surface area contributed by atoms with Crippen LogP contribution in [0.3, 0.4) is 0 Å². The van der Waals surface area contributed by atoms with E-state index in [1.54, 1.807) is 12.1 Å². The molecular weight excluding hydrogens is 366 g/mol. The molecule has 0 unspecified atom stereocenters. The molecule has 1 amide bonds. The molecule has 3 rings (SSSR count). The van der Waals surface area contributed by atoms with Crippen molar-refractivity contribution in [3.8, 4) is 0 Å². The summed E-state index contributed by atoms with van der Waals surface area (Å²) in [7, 11) is -3.60. The van der Waals surface area contributed by atoms with Gasteiger partial charge in [-0.15, -0.1) is 0 Å². The van der Waals surface area contributed by atoms with Crippen LogP contribution in [-0.2, 0) is 14.8 Å². The van der Waals surface area contributed by atoms with Crippen molar-refractivity contribution < 1.29 is 17.9 Å². The Morgan fingerprint density at radius 3 is 2.33 bits per heavy atom. The first-order chi connectivity index (χ1) is 13.0. The number of hydrogen-bond acceptors (Lipinski definition) is 5.